The van der Waals surface area contributed by atoms with Crippen molar-refractivity contribution in [3.8, 4) is 6.07 Å². The first-order chi connectivity index (χ1) is 6.33. The van der Waals surface area contributed by atoms with Gasteiger partial charge in [0.25, 0.3) is 0 Å². The summed E-state index contributed by atoms with van der Waals surface area (Å²) < 4.78 is 1.89. The fourth-order valence-corrected chi connectivity index (χ4v) is 1.04. The van der Waals surface area contributed by atoms with E-state index in [9.17, 15) is 0 Å². The van der Waals surface area contributed by atoms with Crippen LogP contribution in [0.15, 0.2) is 18.5 Å². The average molecular weight is 178 g/mol. The molecule has 70 valence electrons. The van der Waals surface area contributed by atoms with Gasteiger partial charge in [-0.3, -0.25) is 4.68 Å². The van der Waals surface area contributed by atoms with Gasteiger partial charge in [-0.2, -0.15) is 10.4 Å². The predicted octanol–water partition coefficient (Wildman–Crippen LogP) is 0.775. The van der Waals surface area contributed by atoms with Crippen molar-refractivity contribution < 1.29 is 0 Å². The highest BCUT2D eigenvalue weighted by molar-refractivity contribution is 4.85. The van der Waals surface area contributed by atoms with Gasteiger partial charge in [0.15, 0.2) is 0 Å². The molecule has 0 radical (unpaired) electrons. The molecule has 0 aliphatic heterocycles. The van der Waals surface area contributed by atoms with Gasteiger partial charge < -0.3 is 5.32 Å². The van der Waals surface area contributed by atoms with Crippen molar-refractivity contribution in [1.82, 2.24) is 15.1 Å². The van der Waals surface area contributed by atoms with Crippen LogP contribution < -0.4 is 5.32 Å². The highest BCUT2D eigenvalue weighted by Gasteiger charge is 1.96. The van der Waals surface area contributed by atoms with Gasteiger partial charge in [0, 0.05) is 18.9 Å². The van der Waals surface area contributed by atoms with Crippen LogP contribution in [0.2, 0.25) is 0 Å². The largest absolute Gasteiger partial charge is 0.302 e. The van der Waals surface area contributed by atoms with E-state index in [1.807, 2.05) is 23.9 Å². The number of nitrogens with zero attached hydrogens (tertiary/aromatic N) is 3. The Morgan fingerprint density at radius 2 is 2.54 bits per heavy atom. The summed E-state index contributed by atoms with van der Waals surface area (Å²) >= 11 is 0. The maximum Gasteiger partial charge on any atom is 0.0924 e. The van der Waals surface area contributed by atoms with E-state index in [4.69, 9.17) is 5.26 Å². The summed E-state index contributed by atoms with van der Waals surface area (Å²) in [5, 5.41) is 15.7. The maximum absolute atomic E-state index is 8.49. The Labute approximate surface area is 78.2 Å². The number of nitrogens with one attached hydrogen (secondary N) is 1. The molecule has 0 amide bonds. The molecule has 1 aromatic heterocycles. The Hall–Kier alpha value is -1.34. The lowest BCUT2D eigenvalue weighted by molar-refractivity contribution is 0.532. The van der Waals surface area contributed by atoms with Crippen molar-refractivity contribution in [3.63, 3.8) is 0 Å². The molecular weight excluding hydrogens is 164 g/mol. The fourth-order valence-electron chi connectivity index (χ4n) is 1.04. The normalized spacial score (nSPS) is 12.3. The summed E-state index contributed by atoms with van der Waals surface area (Å²) in [7, 11) is 0. The van der Waals surface area contributed by atoms with Gasteiger partial charge in [0.05, 0.1) is 12.1 Å². The summed E-state index contributed by atoms with van der Waals surface area (Å²) in [6, 6.07) is 3.98. The second kappa shape index (κ2) is 5.33. The minimum Gasteiger partial charge on any atom is -0.302 e. The molecule has 0 bridgehead atoms. The monoisotopic (exact) mass is 178 g/mol. The van der Waals surface area contributed by atoms with E-state index in [1.165, 1.54) is 0 Å². The molecule has 1 unspecified atom stereocenters. The van der Waals surface area contributed by atoms with Crippen molar-refractivity contribution in [3.05, 3.63) is 18.5 Å². The van der Waals surface area contributed by atoms with Gasteiger partial charge in [-0.15, -0.1) is 0 Å². The van der Waals surface area contributed by atoms with E-state index < -0.39 is 0 Å². The van der Waals surface area contributed by atoms with Crippen molar-refractivity contribution in [2.24, 2.45) is 0 Å². The molecule has 1 atom stereocenters. The first-order valence-electron chi connectivity index (χ1n) is 4.43. The predicted molar refractivity (Wildman–Crippen MR) is 49.9 cm³/mol. The summed E-state index contributed by atoms with van der Waals surface area (Å²) in [6.07, 6.45) is 4.70. The zero-order chi connectivity index (χ0) is 9.52. The Morgan fingerprint density at radius 1 is 1.69 bits per heavy atom. The third kappa shape index (κ3) is 3.72. The van der Waals surface area contributed by atoms with Gasteiger partial charge in [0.1, 0.15) is 0 Å². The summed E-state index contributed by atoms with van der Waals surface area (Å²) in [5.41, 5.74) is 0. The Morgan fingerprint density at radius 3 is 3.15 bits per heavy atom. The Balaban J connectivity index is 2.06. The number of rotatable bonds is 5. The van der Waals surface area contributed by atoms with Crippen LogP contribution in [0.1, 0.15) is 13.3 Å². The Kier molecular flexibility index (Phi) is 4.00. The lowest BCUT2D eigenvalue weighted by Crippen LogP contribution is -2.26. The maximum atomic E-state index is 8.49. The highest BCUT2D eigenvalue weighted by Crippen LogP contribution is 1.88. The minimum atomic E-state index is -0.0578. The zero-order valence-corrected chi connectivity index (χ0v) is 7.77. The van der Waals surface area contributed by atoms with Crippen LogP contribution in [-0.2, 0) is 6.54 Å². The molecule has 4 heteroatoms. The number of hydrogen-bond donors (Lipinski definition) is 1. The van der Waals surface area contributed by atoms with Crippen LogP contribution >= 0.6 is 0 Å². The number of aromatic nitrogens is 2. The van der Waals surface area contributed by atoms with E-state index in [0.717, 1.165) is 19.5 Å². The molecule has 1 rings (SSSR count). The van der Waals surface area contributed by atoms with E-state index in [2.05, 4.69) is 16.5 Å². The van der Waals surface area contributed by atoms with E-state index >= 15 is 0 Å². The second-order valence-electron chi connectivity index (χ2n) is 2.93. The Bertz CT molecular complexity index is 260. The van der Waals surface area contributed by atoms with Crippen LogP contribution in [0.5, 0.6) is 0 Å². The summed E-state index contributed by atoms with van der Waals surface area (Å²) in [4.78, 5) is 0. The molecule has 0 saturated heterocycles. The minimum absolute atomic E-state index is 0.0578. The molecule has 13 heavy (non-hydrogen) atoms. The van der Waals surface area contributed by atoms with E-state index in [1.54, 1.807) is 6.20 Å². The molecule has 4 nitrogen and oxygen atoms in total. The lowest BCUT2D eigenvalue weighted by atomic mass is 10.3. The van der Waals surface area contributed by atoms with Crippen LogP contribution in [0.3, 0.4) is 0 Å². The van der Waals surface area contributed by atoms with Crippen LogP contribution in [0, 0.1) is 11.3 Å². The van der Waals surface area contributed by atoms with Crippen molar-refractivity contribution in [1.29, 1.82) is 5.26 Å². The molecule has 0 spiro atoms. The third-order valence-corrected chi connectivity index (χ3v) is 1.77. The van der Waals surface area contributed by atoms with Crippen LogP contribution in [-0.4, -0.2) is 22.4 Å². The first-order valence-corrected chi connectivity index (χ1v) is 4.43. The van der Waals surface area contributed by atoms with E-state index in [-0.39, 0.29) is 6.04 Å². The lowest BCUT2D eigenvalue weighted by Gasteiger charge is -2.05. The second-order valence-corrected chi connectivity index (χ2v) is 2.93. The quantitative estimate of drug-likeness (QED) is 0.678. The number of nitriles is 1. The molecule has 1 N–H and O–H groups in total. The van der Waals surface area contributed by atoms with Crippen LogP contribution in [0.4, 0.5) is 0 Å². The highest BCUT2D eigenvalue weighted by atomic mass is 15.3. The van der Waals surface area contributed by atoms with Gasteiger partial charge in [0.2, 0.25) is 0 Å². The topological polar surface area (TPSA) is 53.6 Å². The van der Waals surface area contributed by atoms with E-state index in [0.29, 0.717) is 0 Å². The van der Waals surface area contributed by atoms with Gasteiger partial charge in [-0.05, 0) is 26.0 Å². The SMILES string of the molecule is CC(C#N)NCCCn1cccn1. The third-order valence-electron chi connectivity index (χ3n) is 1.77. The molecule has 0 fully saturated rings. The van der Waals surface area contributed by atoms with Crippen molar-refractivity contribution in [2.45, 2.75) is 25.9 Å². The zero-order valence-electron chi connectivity index (χ0n) is 7.77. The molecule has 0 aliphatic rings. The van der Waals surface area contributed by atoms with Gasteiger partial charge in [-0.25, -0.2) is 0 Å². The van der Waals surface area contributed by atoms with Gasteiger partial charge >= 0.3 is 0 Å². The smallest absolute Gasteiger partial charge is 0.0924 e. The molecule has 0 aliphatic carbocycles. The molecular formula is C9H14N4. The molecule has 0 aromatic carbocycles. The fraction of sp³-hybridized carbons (Fsp3) is 0.556. The van der Waals surface area contributed by atoms with Crippen molar-refractivity contribution in [2.75, 3.05) is 6.54 Å². The molecule has 1 heterocycles. The number of aryl methyl sites for hydroxylation is 1. The van der Waals surface area contributed by atoms with Gasteiger partial charge in [-0.1, -0.05) is 0 Å². The molecule has 0 saturated carbocycles. The number of hydrogen-bond acceptors (Lipinski definition) is 3. The summed E-state index contributed by atoms with van der Waals surface area (Å²) in [6.45, 7) is 3.61. The molecule has 1 aromatic rings. The standard InChI is InChI=1S/C9H14N4/c1-9(8-10)11-4-2-6-13-7-3-5-12-13/h3,5,7,9,11H,2,4,6H2,1H3. The summed E-state index contributed by atoms with van der Waals surface area (Å²) in [5.74, 6) is 0. The van der Waals surface area contributed by atoms with Crippen LogP contribution in [0.25, 0.3) is 0 Å². The average Bonchev–Trinajstić information content (AvgIpc) is 2.64. The first kappa shape index (κ1) is 9.75. The van der Waals surface area contributed by atoms with Crippen molar-refractivity contribution >= 4 is 0 Å².